The van der Waals surface area contributed by atoms with Crippen molar-refractivity contribution >= 4 is 0 Å². The molecule has 0 radical (unpaired) electrons. The first-order valence-electron chi connectivity index (χ1n) is 7.52. The molecule has 1 heterocycles. The van der Waals surface area contributed by atoms with E-state index in [-0.39, 0.29) is 5.41 Å². The van der Waals surface area contributed by atoms with Gasteiger partial charge in [0.1, 0.15) is 0 Å². The quantitative estimate of drug-likeness (QED) is 0.840. The largest absolute Gasteiger partial charge is 0.396 e. The van der Waals surface area contributed by atoms with E-state index in [0.717, 1.165) is 25.6 Å². The second kappa shape index (κ2) is 5.89. The summed E-state index contributed by atoms with van der Waals surface area (Å²) in [4.78, 5) is 2.50. The lowest BCUT2D eigenvalue weighted by molar-refractivity contribution is -0.0865. The lowest BCUT2D eigenvalue weighted by Gasteiger charge is -2.44. The molecule has 2 atom stereocenters. The summed E-state index contributed by atoms with van der Waals surface area (Å²) < 4.78 is 5.78. The fourth-order valence-corrected chi connectivity index (χ4v) is 3.63. The Morgan fingerprint density at radius 3 is 2.17 bits per heavy atom. The monoisotopic (exact) mass is 255 g/mol. The molecule has 3 heteroatoms. The number of morpholine rings is 1. The second-order valence-electron chi connectivity index (χ2n) is 6.79. The van der Waals surface area contributed by atoms with Gasteiger partial charge in [-0.15, -0.1) is 0 Å². The lowest BCUT2D eigenvalue weighted by atomic mass is 9.71. The third-order valence-electron chi connectivity index (χ3n) is 4.72. The number of nitrogens with zero attached hydrogens (tertiary/aromatic N) is 1. The minimum atomic E-state index is 0.156. The molecule has 0 spiro atoms. The summed E-state index contributed by atoms with van der Waals surface area (Å²) in [6.07, 6.45) is 5.57. The summed E-state index contributed by atoms with van der Waals surface area (Å²) in [5.74, 6) is 0.840. The van der Waals surface area contributed by atoms with Gasteiger partial charge in [0, 0.05) is 31.7 Å². The minimum absolute atomic E-state index is 0.156. The fourth-order valence-electron chi connectivity index (χ4n) is 3.63. The SMILES string of the molecule is CC1CCC(CO)(CN2C[C@@H](C)O[C@@H](C)C2)CC1. The van der Waals surface area contributed by atoms with E-state index in [0.29, 0.717) is 18.8 Å². The molecule has 18 heavy (non-hydrogen) atoms. The maximum Gasteiger partial charge on any atom is 0.0678 e. The zero-order valence-corrected chi connectivity index (χ0v) is 12.2. The van der Waals surface area contributed by atoms with Gasteiger partial charge < -0.3 is 9.84 Å². The number of aliphatic hydroxyl groups is 1. The van der Waals surface area contributed by atoms with Crippen molar-refractivity contribution in [1.29, 1.82) is 0 Å². The summed E-state index contributed by atoms with van der Waals surface area (Å²) in [6, 6.07) is 0. The normalized spacial score (nSPS) is 43.0. The highest BCUT2D eigenvalue weighted by atomic mass is 16.5. The third kappa shape index (κ3) is 3.46. The van der Waals surface area contributed by atoms with Gasteiger partial charge in [0.15, 0.2) is 0 Å². The molecule has 0 amide bonds. The Morgan fingerprint density at radius 2 is 1.67 bits per heavy atom. The zero-order valence-electron chi connectivity index (χ0n) is 12.2. The molecule has 0 aromatic heterocycles. The smallest absolute Gasteiger partial charge is 0.0678 e. The van der Waals surface area contributed by atoms with Gasteiger partial charge in [-0.2, -0.15) is 0 Å². The van der Waals surface area contributed by atoms with E-state index in [1.54, 1.807) is 0 Å². The summed E-state index contributed by atoms with van der Waals surface area (Å²) in [5.41, 5.74) is 0.156. The van der Waals surface area contributed by atoms with Crippen molar-refractivity contribution in [2.45, 2.75) is 58.7 Å². The third-order valence-corrected chi connectivity index (χ3v) is 4.72. The van der Waals surface area contributed by atoms with Crippen LogP contribution in [0.15, 0.2) is 0 Å². The van der Waals surface area contributed by atoms with E-state index >= 15 is 0 Å². The zero-order chi connectivity index (χ0) is 13.2. The highest BCUT2D eigenvalue weighted by Gasteiger charge is 2.36. The van der Waals surface area contributed by atoms with E-state index in [2.05, 4.69) is 25.7 Å². The Morgan fingerprint density at radius 1 is 1.11 bits per heavy atom. The van der Waals surface area contributed by atoms with Crippen LogP contribution >= 0.6 is 0 Å². The topological polar surface area (TPSA) is 32.7 Å². The number of hydrogen-bond donors (Lipinski definition) is 1. The molecule has 2 aliphatic rings. The van der Waals surface area contributed by atoms with Crippen molar-refractivity contribution in [2.75, 3.05) is 26.2 Å². The summed E-state index contributed by atoms with van der Waals surface area (Å²) in [6.45, 7) is 10.1. The molecule has 3 nitrogen and oxygen atoms in total. The van der Waals surface area contributed by atoms with Crippen LogP contribution in [-0.4, -0.2) is 48.5 Å². The van der Waals surface area contributed by atoms with Crippen LogP contribution in [0.1, 0.15) is 46.5 Å². The number of aliphatic hydroxyl groups excluding tert-OH is 1. The van der Waals surface area contributed by atoms with Crippen molar-refractivity contribution in [3.05, 3.63) is 0 Å². The van der Waals surface area contributed by atoms with E-state index in [4.69, 9.17) is 4.74 Å². The van der Waals surface area contributed by atoms with Crippen LogP contribution in [0.3, 0.4) is 0 Å². The summed E-state index contributed by atoms with van der Waals surface area (Å²) in [5, 5.41) is 9.83. The van der Waals surface area contributed by atoms with Gasteiger partial charge in [-0.1, -0.05) is 19.8 Å². The molecule has 2 rings (SSSR count). The molecule has 0 aromatic carbocycles. The maximum absolute atomic E-state index is 9.83. The van der Waals surface area contributed by atoms with Crippen LogP contribution in [0.25, 0.3) is 0 Å². The number of ether oxygens (including phenoxy) is 1. The summed E-state index contributed by atoms with van der Waals surface area (Å²) in [7, 11) is 0. The average Bonchev–Trinajstić information content (AvgIpc) is 2.31. The van der Waals surface area contributed by atoms with Crippen molar-refractivity contribution in [1.82, 2.24) is 4.90 Å². The molecule has 0 unspecified atom stereocenters. The highest BCUT2D eigenvalue weighted by molar-refractivity contribution is 4.88. The van der Waals surface area contributed by atoms with E-state index in [1.165, 1.54) is 25.7 Å². The van der Waals surface area contributed by atoms with Crippen molar-refractivity contribution < 1.29 is 9.84 Å². The van der Waals surface area contributed by atoms with E-state index in [1.807, 2.05) is 0 Å². The first-order chi connectivity index (χ1) is 8.53. The van der Waals surface area contributed by atoms with Crippen molar-refractivity contribution in [3.63, 3.8) is 0 Å². The predicted octanol–water partition coefficient (Wildman–Crippen LogP) is 2.28. The van der Waals surface area contributed by atoms with Gasteiger partial charge in [0.05, 0.1) is 12.2 Å². The Kier molecular flexibility index (Phi) is 4.68. The van der Waals surface area contributed by atoms with Crippen LogP contribution in [0.4, 0.5) is 0 Å². The van der Waals surface area contributed by atoms with Crippen LogP contribution in [0.2, 0.25) is 0 Å². The minimum Gasteiger partial charge on any atom is -0.396 e. The molecule has 1 saturated carbocycles. The molecular weight excluding hydrogens is 226 g/mol. The molecular formula is C15H29NO2. The predicted molar refractivity (Wildman–Crippen MR) is 73.6 cm³/mol. The molecule has 1 saturated heterocycles. The second-order valence-corrected chi connectivity index (χ2v) is 6.79. The van der Waals surface area contributed by atoms with Crippen molar-refractivity contribution in [3.8, 4) is 0 Å². The maximum atomic E-state index is 9.83. The van der Waals surface area contributed by atoms with Gasteiger partial charge >= 0.3 is 0 Å². The van der Waals surface area contributed by atoms with Crippen LogP contribution in [-0.2, 0) is 4.74 Å². The molecule has 106 valence electrons. The van der Waals surface area contributed by atoms with Gasteiger partial charge in [0.25, 0.3) is 0 Å². The summed E-state index contributed by atoms with van der Waals surface area (Å²) >= 11 is 0. The number of hydrogen-bond acceptors (Lipinski definition) is 3. The first kappa shape index (κ1) is 14.3. The van der Waals surface area contributed by atoms with E-state index in [9.17, 15) is 5.11 Å². The van der Waals surface area contributed by atoms with Crippen molar-refractivity contribution in [2.24, 2.45) is 11.3 Å². The Balaban J connectivity index is 1.93. The van der Waals surface area contributed by atoms with Gasteiger partial charge in [-0.25, -0.2) is 0 Å². The Labute approximate surface area is 112 Å². The Hall–Kier alpha value is -0.120. The van der Waals surface area contributed by atoms with Gasteiger partial charge in [-0.3, -0.25) is 4.90 Å². The van der Waals surface area contributed by atoms with E-state index < -0.39 is 0 Å². The molecule has 1 aliphatic heterocycles. The first-order valence-corrected chi connectivity index (χ1v) is 7.52. The molecule has 1 aliphatic carbocycles. The van der Waals surface area contributed by atoms with Crippen LogP contribution in [0, 0.1) is 11.3 Å². The molecule has 0 bridgehead atoms. The fraction of sp³-hybridized carbons (Fsp3) is 1.00. The average molecular weight is 255 g/mol. The van der Waals surface area contributed by atoms with Crippen LogP contribution < -0.4 is 0 Å². The highest BCUT2D eigenvalue weighted by Crippen LogP contribution is 2.39. The molecule has 1 N–H and O–H groups in total. The molecule has 2 fully saturated rings. The van der Waals surface area contributed by atoms with Crippen LogP contribution in [0.5, 0.6) is 0 Å². The number of rotatable bonds is 3. The molecule has 0 aromatic rings. The lowest BCUT2D eigenvalue weighted by Crippen LogP contribution is -2.51. The standard InChI is InChI=1S/C15H29NO2/c1-12-4-6-15(11-17,7-5-12)10-16-8-13(2)18-14(3)9-16/h12-14,17H,4-11H2,1-3H3/t12?,13-,14+,15?. The van der Waals surface area contributed by atoms with Gasteiger partial charge in [-0.05, 0) is 32.6 Å². The van der Waals surface area contributed by atoms with Gasteiger partial charge in [0.2, 0.25) is 0 Å². The Bertz CT molecular complexity index is 251.